The molecule has 1 saturated heterocycles. The average Bonchev–Trinajstić information content (AvgIpc) is 3.19. The van der Waals surface area contributed by atoms with Gasteiger partial charge in [0.05, 0.1) is 0 Å². The fourth-order valence-corrected chi connectivity index (χ4v) is 6.29. The molecule has 3 aromatic rings. The Morgan fingerprint density at radius 2 is 1.51 bits per heavy atom. The van der Waals surface area contributed by atoms with E-state index in [1.54, 1.807) is 11.8 Å². The Labute approximate surface area is 229 Å². The molecule has 1 aliphatic heterocycles. The van der Waals surface area contributed by atoms with Crippen LogP contribution in [-0.4, -0.2) is 55.7 Å². The SMILES string of the molecule is Cc1c(I)cc(CN2CCN(C(=O)OCC3c4ccccc4-c4ccccc43)CC2)c(C)c1[B-](F)(F)F. The number of hydrogen-bond donors (Lipinski definition) is 0. The summed E-state index contributed by atoms with van der Waals surface area (Å²) in [5.74, 6) is 0.00838. The number of piperazine rings is 1. The van der Waals surface area contributed by atoms with Gasteiger partial charge in [-0.15, -0.1) is 5.46 Å². The Morgan fingerprint density at radius 1 is 0.946 bits per heavy atom. The van der Waals surface area contributed by atoms with Gasteiger partial charge in [0.2, 0.25) is 0 Å². The van der Waals surface area contributed by atoms with Crippen molar-refractivity contribution in [2.45, 2.75) is 26.3 Å². The Balaban J connectivity index is 1.20. The molecule has 0 saturated carbocycles. The Morgan fingerprint density at radius 3 is 2.08 bits per heavy atom. The van der Waals surface area contributed by atoms with Crippen molar-refractivity contribution in [3.63, 3.8) is 0 Å². The van der Waals surface area contributed by atoms with E-state index in [1.807, 2.05) is 52.9 Å². The van der Waals surface area contributed by atoms with E-state index in [0.717, 1.165) is 0 Å². The highest BCUT2D eigenvalue weighted by Crippen LogP contribution is 2.44. The zero-order chi connectivity index (χ0) is 26.3. The molecule has 0 N–H and O–H groups in total. The van der Waals surface area contributed by atoms with E-state index < -0.39 is 12.4 Å². The van der Waals surface area contributed by atoms with E-state index >= 15 is 0 Å². The van der Waals surface area contributed by atoms with Crippen LogP contribution in [0.1, 0.15) is 33.7 Å². The third-order valence-corrected chi connectivity index (χ3v) is 8.76. The Kier molecular flexibility index (Phi) is 7.28. The van der Waals surface area contributed by atoms with Crippen molar-refractivity contribution in [1.29, 1.82) is 0 Å². The maximum atomic E-state index is 13.7. The van der Waals surface area contributed by atoms with E-state index in [0.29, 0.717) is 53.0 Å². The second kappa shape index (κ2) is 10.3. The summed E-state index contributed by atoms with van der Waals surface area (Å²) < 4.78 is 47.6. The lowest BCUT2D eigenvalue weighted by Crippen LogP contribution is -2.49. The second-order valence-electron chi connectivity index (χ2n) is 9.82. The van der Waals surface area contributed by atoms with E-state index in [9.17, 15) is 17.7 Å². The minimum absolute atomic E-state index is 0.00838. The van der Waals surface area contributed by atoms with Crippen LogP contribution in [0.25, 0.3) is 11.1 Å². The largest absolute Gasteiger partial charge is 0.510 e. The zero-order valence-electron chi connectivity index (χ0n) is 20.8. The van der Waals surface area contributed by atoms with Crippen LogP contribution >= 0.6 is 22.6 Å². The van der Waals surface area contributed by atoms with Gasteiger partial charge in [0.25, 0.3) is 0 Å². The first-order chi connectivity index (χ1) is 17.6. The second-order valence-corrected chi connectivity index (χ2v) is 11.0. The zero-order valence-corrected chi connectivity index (χ0v) is 23.0. The van der Waals surface area contributed by atoms with Crippen molar-refractivity contribution in [2.75, 3.05) is 32.8 Å². The van der Waals surface area contributed by atoms with Crippen LogP contribution in [-0.2, 0) is 11.3 Å². The lowest BCUT2D eigenvalue weighted by molar-refractivity contribution is 0.0728. The summed E-state index contributed by atoms with van der Waals surface area (Å²) in [5, 5.41) is 0. The van der Waals surface area contributed by atoms with Crippen molar-refractivity contribution >= 4 is 41.1 Å². The van der Waals surface area contributed by atoms with Crippen molar-refractivity contribution in [1.82, 2.24) is 9.80 Å². The summed E-state index contributed by atoms with van der Waals surface area (Å²) >= 11 is 1.99. The normalized spacial score (nSPS) is 16.0. The van der Waals surface area contributed by atoms with E-state index in [4.69, 9.17) is 4.74 Å². The molecule has 3 aromatic carbocycles. The summed E-state index contributed by atoms with van der Waals surface area (Å²) in [6.45, 7) is 0.857. The van der Waals surface area contributed by atoms with Crippen molar-refractivity contribution in [3.8, 4) is 11.1 Å². The monoisotopic (exact) mass is 619 g/mol. The molecule has 194 valence electrons. The first-order valence-electron chi connectivity index (χ1n) is 12.5. The summed E-state index contributed by atoms with van der Waals surface area (Å²) in [6.07, 6.45) is -0.343. The summed E-state index contributed by atoms with van der Waals surface area (Å²) in [5.41, 5.74) is 5.54. The van der Waals surface area contributed by atoms with Crippen molar-refractivity contribution in [3.05, 3.63) is 86.0 Å². The van der Waals surface area contributed by atoms with Crippen LogP contribution in [0.5, 0.6) is 0 Å². The average molecular weight is 619 g/mol. The molecule has 0 unspecified atom stereocenters. The molecule has 4 nitrogen and oxygen atoms in total. The van der Waals surface area contributed by atoms with Gasteiger partial charge in [0.1, 0.15) is 6.61 Å². The Bertz CT molecular complexity index is 1290. The molecule has 0 radical (unpaired) electrons. The number of ether oxygens (including phenoxy) is 1. The predicted octanol–water partition coefficient (Wildman–Crippen LogP) is 6.03. The third-order valence-electron chi connectivity index (χ3n) is 7.64. The standard InChI is InChI=1S/C28H28BF3IN2O2/c1-18-20(15-26(33)19(2)27(18)29(30,31)32)16-34-11-13-35(14-12-34)28(36)37-17-25-23-9-5-3-7-21(23)22-8-4-6-10-24(22)25/h3-10,15,25H,11-14,16-17H2,1-2H3/q-1. The number of hydrogen-bond acceptors (Lipinski definition) is 3. The number of benzene rings is 3. The van der Waals surface area contributed by atoms with Crippen molar-refractivity contribution in [2.24, 2.45) is 0 Å². The minimum Gasteiger partial charge on any atom is -0.448 e. The minimum atomic E-state index is -5.08. The molecule has 5 rings (SSSR count). The molecule has 0 atom stereocenters. The van der Waals surface area contributed by atoms with Crippen LogP contribution in [0.2, 0.25) is 0 Å². The maximum Gasteiger partial charge on any atom is 0.510 e. The van der Waals surface area contributed by atoms with Crippen molar-refractivity contribution < 1.29 is 22.5 Å². The number of rotatable bonds is 5. The molecule has 1 aliphatic carbocycles. The smallest absolute Gasteiger partial charge is 0.448 e. The number of nitrogens with zero attached hydrogens (tertiary/aromatic N) is 2. The molecule has 0 aromatic heterocycles. The number of carbonyl (C=O) groups is 1. The maximum absolute atomic E-state index is 13.7. The summed E-state index contributed by atoms with van der Waals surface area (Å²) in [7, 11) is 0. The summed E-state index contributed by atoms with van der Waals surface area (Å²) in [4.78, 5) is 16.7. The molecule has 0 spiro atoms. The molecule has 37 heavy (non-hydrogen) atoms. The number of carbonyl (C=O) groups excluding carboxylic acids is 1. The van der Waals surface area contributed by atoms with Crippen LogP contribution in [0.4, 0.5) is 17.7 Å². The molecule has 2 aliphatic rings. The molecule has 1 heterocycles. The highest BCUT2D eigenvalue weighted by molar-refractivity contribution is 14.1. The molecular weight excluding hydrogens is 591 g/mol. The highest BCUT2D eigenvalue weighted by atomic mass is 127. The van der Waals surface area contributed by atoms with Gasteiger partial charge in [-0.05, 0) is 70.3 Å². The van der Waals surface area contributed by atoms with Crippen LogP contribution < -0.4 is 5.46 Å². The lowest BCUT2D eigenvalue weighted by atomic mass is 9.73. The van der Waals surface area contributed by atoms with Crippen LogP contribution in [0, 0.1) is 17.4 Å². The van der Waals surface area contributed by atoms with Gasteiger partial charge in [-0.2, -0.15) is 0 Å². The van der Waals surface area contributed by atoms with E-state index in [2.05, 4.69) is 29.2 Å². The van der Waals surface area contributed by atoms with Gasteiger partial charge in [-0.25, -0.2) is 4.79 Å². The molecule has 1 fully saturated rings. The number of halogens is 4. The first-order valence-corrected chi connectivity index (χ1v) is 13.5. The van der Waals surface area contributed by atoms with Gasteiger partial charge >= 0.3 is 13.1 Å². The van der Waals surface area contributed by atoms with E-state index in [1.165, 1.54) is 29.2 Å². The van der Waals surface area contributed by atoms with Gasteiger partial charge in [-0.1, -0.05) is 59.7 Å². The fourth-order valence-electron chi connectivity index (χ4n) is 5.62. The van der Waals surface area contributed by atoms with Gasteiger partial charge in [0, 0.05) is 42.2 Å². The quantitative estimate of drug-likeness (QED) is 0.259. The molecule has 1 amide bonds. The molecule has 0 bridgehead atoms. The lowest BCUT2D eigenvalue weighted by Gasteiger charge is -2.35. The van der Waals surface area contributed by atoms with E-state index in [-0.39, 0.29) is 18.6 Å². The number of fused-ring (bicyclic) bond motifs is 3. The predicted molar refractivity (Wildman–Crippen MR) is 149 cm³/mol. The first kappa shape index (κ1) is 26.1. The van der Waals surface area contributed by atoms with Gasteiger partial charge < -0.3 is 22.6 Å². The van der Waals surface area contributed by atoms with Gasteiger partial charge in [-0.3, -0.25) is 4.90 Å². The molecular formula is C28H28BF3IN2O2-. The summed E-state index contributed by atoms with van der Waals surface area (Å²) in [6, 6.07) is 18.3. The fraction of sp³-hybridized carbons (Fsp3) is 0.321. The Hall–Kier alpha value is -2.53. The third kappa shape index (κ3) is 5.12. The van der Waals surface area contributed by atoms with Crippen LogP contribution in [0.15, 0.2) is 54.6 Å². The van der Waals surface area contributed by atoms with Crippen LogP contribution in [0.3, 0.4) is 0 Å². The topological polar surface area (TPSA) is 32.8 Å². The number of amides is 1. The molecule has 9 heteroatoms. The van der Waals surface area contributed by atoms with Gasteiger partial charge in [0.15, 0.2) is 0 Å². The highest BCUT2D eigenvalue weighted by Gasteiger charge is 2.32.